The minimum atomic E-state index is 0.347. The van der Waals surface area contributed by atoms with E-state index in [1.165, 1.54) is 88.8 Å². The topological polar surface area (TPSA) is 0 Å². The molecule has 0 aliphatic rings. The molecule has 0 radical (unpaired) electrons. The van der Waals surface area contributed by atoms with Crippen molar-refractivity contribution in [3.63, 3.8) is 0 Å². The van der Waals surface area contributed by atoms with Crippen LogP contribution < -0.4 is 0 Å². The van der Waals surface area contributed by atoms with Crippen molar-refractivity contribution < 1.29 is 0 Å². The van der Waals surface area contributed by atoms with Gasteiger partial charge in [0, 0.05) is 0 Å². The van der Waals surface area contributed by atoms with Crippen LogP contribution >= 0.6 is 7.92 Å². The van der Waals surface area contributed by atoms with E-state index in [2.05, 4.69) is 43.7 Å². The van der Waals surface area contributed by atoms with Crippen molar-refractivity contribution >= 4 is 7.92 Å². The lowest BCUT2D eigenvalue weighted by atomic mass is 10.0. The molecule has 1 aromatic carbocycles. The molecular formula is C21H37P. The van der Waals surface area contributed by atoms with E-state index in [0.29, 0.717) is 7.92 Å². The molecule has 0 saturated carbocycles. The first kappa shape index (κ1) is 19.7. The average Bonchev–Trinajstić information content (AvgIpc) is 2.52. The van der Waals surface area contributed by atoms with Gasteiger partial charge in [-0.1, -0.05) is 88.1 Å². The Morgan fingerprint density at radius 3 is 1.55 bits per heavy atom. The predicted molar refractivity (Wildman–Crippen MR) is 105 cm³/mol. The first-order chi connectivity index (χ1) is 10.8. The Balaban J connectivity index is 1.75. The van der Waals surface area contributed by atoms with E-state index in [9.17, 15) is 0 Å². The third-order valence-corrected chi connectivity index (χ3v) is 5.62. The Morgan fingerprint density at radius 1 is 0.591 bits per heavy atom. The number of aryl methyl sites for hydroxylation is 1. The first-order valence-corrected chi connectivity index (χ1v) is 11.9. The minimum absolute atomic E-state index is 0.347. The van der Waals surface area contributed by atoms with Crippen LogP contribution in [0.5, 0.6) is 0 Å². The van der Waals surface area contributed by atoms with Gasteiger partial charge in [0.1, 0.15) is 0 Å². The van der Waals surface area contributed by atoms with Gasteiger partial charge in [0.25, 0.3) is 0 Å². The van der Waals surface area contributed by atoms with Gasteiger partial charge in [-0.3, -0.25) is 0 Å². The number of unbranched alkanes of at least 4 members (excludes halogenated alkanes) is 10. The largest absolute Gasteiger partial charge is 0.113 e. The van der Waals surface area contributed by atoms with Crippen molar-refractivity contribution in [3.8, 4) is 0 Å². The van der Waals surface area contributed by atoms with Crippen LogP contribution in [-0.2, 0) is 6.42 Å². The normalized spacial score (nSPS) is 11.2. The van der Waals surface area contributed by atoms with Crippen molar-refractivity contribution in [1.82, 2.24) is 0 Å². The van der Waals surface area contributed by atoms with Gasteiger partial charge in [0.2, 0.25) is 0 Å². The molecule has 126 valence electrons. The maximum Gasteiger partial charge on any atom is -0.0279 e. The summed E-state index contributed by atoms with van der Waals surface area (Å²) < 4.78 is 0. The molecule has 22 heavy (non-hydrogen) atoms. The Labute approximate surface area is 140 Å². The first-order valence-electron chi connectivity index (χ1n) is 9.47. The van der Waals surface area contributed by atoms with Crippen molar-refractivity contribution in [2.45, 2.75) is 77.0 Å². The van der Waals surface area contributed by atoms with Gasteiger partial charge in [0.15, 0.2) is 0 Å². The van der Waals surface area contributed by atoms with E-state index in [1.807, 2.05) is 0 Å². The van der Waals surface area contributed by atoms with Gasteiger partial charge in [-0.25, -0.2) is 0 Å². The predicted octanol–water partition coefficient (Wildman–Crippen LogP) is 7.26. The third kappa shape index (κ3) is 12.2. The van der Waals surface area contributed by atoms with Gasteiger partial charge >= 0.3 is 0 Å². The lowest BCUT2D eigenvalue weighted by Crippen LogP contribution is -1.86. The molecule has 0 heterocycles. The van der Waals surface area contributed by atoms with Crippen LogP contribution in [0.4, 0.5) is 0 Å². The molecule has 0 spiro atoms. The summed E-state index contributed by atoms with van der Waals surface area (Å²) in [6.45, 7) is 4.80. The van der Waals surface area contributed by atoms with Crippen LogP contribution in [0.15, 0.2) is 30.3 Å². The van der Waals surface area contributed by atoms with E-state index in [0.717, 1.165) is 0 Å². The van der Waals surface area contributed by atoms with Gasteiger partial charge in [-0.2, -0.15) is 0 Å². The smallest absolute Gasteiger partial charge is 0.0279 e. The Hall–Kier alpha value is -0.350. The molecular weight excluding hydrogens is 283 g/mol. The lowest BCUT2D eigenvalue weighted by Gasteiger charge is -2.05. The number of benzene rings is 1. The van der Waals surface area contributed by atoms with Gasteiger partial charge < -0.3 is 0 Å². The number of rotatable bonds is 14. The number of hydrogen-bond donors (Lipinski definition) is 0. The van der Waals surface area contributed by atoms with Crippen LogP contribution in [-0.4, -0.2) is 19.5 Å². The summed E-state index contributed by atoms with van der Waals surface area (Å²) in [4.78, 5) is 0. The second-order valence-electron chi connectivity index (χ2n) is 6.93. The lowest BCUT2D eigenvalue weighted by molar-refractivity contribution is 0.550. The highest BCUT2D eigenvalue weighted by atomic mass is 31.1. The molecule has 1 heteroatoms. The van der Waals surface area contributed by atoms with E-state index in [-0.39, 0.29) is 0 Å². The summed E-state index contributed by atoms with van der Waals surface area (Å²) >= 11 is 0. The monoisotopic (exact) mass is 320 g/mol. The summed E-state index contributed by atoms with van der Waals surface area (Å²) in [5.74, 6) is 0. The molecule has 0 aliphatic heterocycles. The summed E-state index contributed by atoms with van der Waals surface area (Å²) in [5, 5.41) is 0. The Bertz CT molecular complexity index is 331. The van der Waals surface area contributed by atoms with Crippen molar-refractivity contribution in [1.29, 1.82) is 0 Å². The Morgan fingerprint density at radius 2 is 1.05 bits per heavy atom. The molecule has 1 rings (SSSR count). The quantitative estimate of drug-likeness (QED) is 0.250. The third-order valence-electron chi connectivity index (χ3n) is 4.41. The molecule has 0 saturated heterocycles. The van der Waals surface area contributed by atoms with E-state index in [4.69, 9.17) is 0 Å². The molecule has 0 nitrogen and oxygen atoms in total. The van der Waals surface area contributed by atoms with E-state index >= 15 is 0 Å². The second kappa shape index (κ2) is 14.3. The summed E-state index contributed by atoms with van der Waals surface area (Å²) in [6.07, 6.45) is 18.7. The van der Waals surface area contributed by atoms with Crippen molar-refractivity contribution in [3.05, 3.63) is 35.9 Å². The highest BCUT2D eigenvalue weighted by Crippen LogP contribution is 2.26. The van der Waals surface area contributed by atoms with Crippen molar-refractivity contribution in [2.75, 3.05) is 19.5 Å². The highest BCUT2D eigenvalue weighted by molar-refractivity contribution is 7.55. The zero-order valence-electron chi connectivity index (χ0n) is 15.0. The van der Waals surface area contributed by atoms with Gasteiger partial charge in [0.05, 0.1) is 0 Å². The fourth-order valence-corrected chi connectivity index (χ4v) is 3.85. The molecule has 0 amide bonds. The highest BCUT2D eigenvalue weighted by Gasteiger charge is 1.96. The average molecular weight is 321 g/mol. The van der Waals surface area contributed by atoms with Gasteiger partial charge in [-0.15, -0.1) is 7.92 Å². The molecule has 0 aliphatic carbocycles. The van der Waals surface area contributed by atoms with Crippen LogP contribution in [0.2, 0.25) is 0 Å². The molecule has 0 atom stereocenters. The fourth-order valence-electron chi connectivity index (χ4n) is 2.99. The molecule has 0 bridgehead atoms. The SMILES string of the molecule is CP(C)CCCCCCCCCCCCCc1ccccc1. The zero-order valence-corrected chi connectivity index (χ0v) is 15.9. The minimum Gasteiger partial charge on any atom is -0.113 e. The van der Waals surface area contributed by atoms with Gasteiger partial charge in [-0.05, 0) is 44.3 Å². The zero-order chi connectivity index (χ0) is 15.9. The van der Waals surface area contributed by atoms with E-state index in [1.54, 1.807) is 0 Å². The van der Waals surface area contributed by atoms with Crippen LogP contribution in [0.25, 0.3) is 0 Å². The molecule has 0 unspecified atom stereocenters. The van der Waals surface area contributed by atoms with E-state index < -0.39 is 0 Å². The van der Waals surface area contributed by atoms with Crippen LogP contribution in [0.3, 0.4) is 0 Å². The second-order valence-corrected chi connectivity index (χ2v) is 9.53. The van der Waals surface area contributed by atoms with Crippen LogP contribution in [0, 0.1) is 0 Å². The number of hydrogen-bond acceptors (Lipinski definition) is 0. The molecule has 0 aromatic heterocycles. The standard InChI is InChI=1S/C21H37P/c1-22(2)20-16-11-9-7-5-3-4-6-8-10-13-17-21-18-14-12-15-19-21/h12,14-15,18-19H,3-11,13,16-17,20H2,1-2H3. The maximum absolute atomic E-state index is 2.40. The molecule has 0 N–H and O–H groups in total. The maximum atomic E-state index is 2.40. The summed E-state index contributed by atoms with van der Waals surface area (Å²) in [6, 6.07) is 10.9. The fraction of sp³-hybridized carbons (Fsp3) is 0.714. The summed E-state index contributed by atoms with van der Waals surface area (Å²) in [7, 11) is 0.347. The molecule has 0 fully saturated rings. The molecule has 1 aromatic rings. The Kier molecular flexibility index (Phi) is 12.8. The van der Waals surface area contributed by atoms with Crippen molar-refractivity contribution in [2.24, 2.45) is 0 Å². The van der Waals surface area contributed by atoms with Crippen LogP contribution in [0.1, 0.15) is 76.2 Å². The summed E-state index contributed by atoms with van der Waals surface area (Å²) in [5.41, 5.74) is 1.50.